The number of likely N-dealkylation sites (tertiary alicyclic amines) is 1. The summed E-state index contributed by atoms with van der Waals surface area (Å²) in [5.41, 5.74) is 2.66. The molecule has 2 aromatic rings. The number of nitriles is 1. The molecule has 2 aromatic carbocycles. The highest BCUT2D eigenvalue weighted by atomic mass is 16.1. The largest absolute Gasteiger partial charge is 0.330 e. The fourth-order valence-electron chi connectivity index (χ4n) is 3.35. The molecule has 1 aliphatic rings. The van der Waals surface area contributed by atoms with Crippen molar-refractivity contribution in [3.8, 4) is 6.07 Å². The first-order valence-electron chi connectivity index (χ1n) is 8.44. The average molecular weight is 320 g/mol. The van der Waals surface area contributed by atoms with Crippen molar-refractivity contribution in [1.82, 2.24) is 0 Å². The number of hydrogen-bond acceptors (Lipinski definition) is 2. The Labute approximate surface area is 142 Å². The van der Waals surface area contributed by atoms with Gasteiger partial charge in [0.2, 0.25) is 5.91 Å². The highest BCUT2D eigenvalue weighted by molar-refractivity contribution is 5.92. The molecular formula is C20H22N3O+. The number of benzene rings is 2. The Bertz CT molecular complexity index is 736. The van der Waals surface area contributed by atoms with E-state index in [1.807, 2.05) is 54.6 Å². The number of amides is 1. The minimum atomic E-state index is 0.0307. The molecule has 0 spiro atoms. The van der Waals surface area contributed by atoms with Crippen LogP contribution in [0.25, 0.3) is 0 Å². The minimum absolute atomic E-state index is 0.0307. The van der Waals surface area contributed by atoms with E-state index in [1.165, 1.54) is 4.90 Å². The van der Waals surface area contributed by atoms with Crippen LogP contribution in [0.3, 0.4) is 0 Å². The maximum Gasteiger partial charge on any atom is 0.233 e. The van der Waals surface area contributed by atoms with Crippen molar-refractivity contribution in [3.05, 3.63) is 65.7 Å². The van der Waals surface area contributed by atoms with Gasteiger partial charge in [0.05, 0.1) is 30.6 Å². The van der Waals surface area contributed by atoms with Crippen molar-refractivity contribution in [2.75, 3.05) is 18.4 Å². The summed E-state index contributed by atoms with van der Waals surface area (Å²) in [7, 11) is 0. The van der Waals surface area contributed by atoms with Crippen LogP contribution in [0.1, 0.15) is 24.0 Å². The first-order valence-corrected chi connectivity index (χ1v) is 8.44. The van der Waals surface area contributed by atoms with Gasteiger partial charge in [-0.05, 0) is 31.0 Å². The number of carbonyl (C=O) groups is 1. The number of para-hydroxylation sites is 1. The topological polar surface area (TPSA) is 57.3 Å². The van der Waals surface area contributed by atoms with Crippen LogP contribution in [0, 0.1) is 17.2 Å². The van der Waals surface area contributed by atoms with Crippen molar-refractivity contribution in [2.45, 2.75) is 19.4 Å². The minimum Gasteiger partial charge on any atom is -0.330 e. The molecule has 2 atom stereocenters. The van der Waals surface area contributed by atoms with Gasteiger partial charge in [0.15, 0.2) is 0 Å². The van der Waals surface area contributed by atoms with Gasteiger partial charge in [0.25, 0.3) is 0 Å². The summed E-state index contributed by atoms with van der Waals surface area (Å²) < 4.78 is 0. The molecule has 1 aliphatic heterocycles. The zero-order valence-electron chi connectivity index (χ0n) is 13.7. The van der Waals surface area contributed by atoms with Crippen LogP contribution in [0.5, 0.6) is 0 Å². The summed E-state index contributed by atoms with van der Waals surface area (Å²) in [5, 5.41) is 12.2. The average Bonchev–Trinajstić information content (AvgIpc) is 2.63. The van der Waals surface area contributed by atoms with Crippen LogP contribution in [0.15, 0.2) is 54.6 Å². The quantitative estimate of drug-likeness (QED) is 0.905. The van der Waals surface area contributed by atoms with Crippen LogP contribution in [0.2, 0.25) is 0 Å². The monoisotopic (exact) mass is 320 g/mol. The van der Waals surface area contributed by atoms with Crippen molar-refractivity contribution in [2.24, 2.45) is 5.92 Å². The SMILES string of the molecule is N#Cc1ccccc1C[NH+]1CCC[C@H](C(=O)Nc2ccccc2)C1. The second-order valence-electron chi connectivity index (χ2n) is 6.34. The van der Waals surface area contributed by atoms with Crippen molar-refractivity contribution in [3.63, 3.8) is 0 Å². The van der Waals surface area contributed by atoms with Crippen LogP contribution < -0.4 is 10.2 Å². The first kappa shape index (κ1) is 16.2. The summed E-state index contributed by atoms with van der Waals surface area (Å²) in [6.07, 6.45) is 1.97. The zero-order valence-corrected chi connectivity index (χ0v) is 13.7. The Morgan fingerprint density at radius 1 is 1.17 bits per heavy atom. The van der Waals surface area contributed by atoms with E-state index in [2.05, 4.69) is 11.4 Å². The smallest absolute Gasteiger partial charge is 0.233 e. The van der Waals surface area contributed by atoms with Gasteiger partial charge in [0, 0.05) is 11.3 Å². The van der Waals surface area contributed by atoms with E-state index in [0.717, 1.165) is 49.3 Å². The van der Waals surface area contributed by atoms with Gasteiger partial charge in [-0.25, -0.2) is 0 Å². The number of piperidine rings is 1. The summed E-state index contributed by atoms with van der Waals surface area (Å²) in [4.78, 5) is 13.9. The molecule has 4 heteroatoms. The van der Waals surface area contributed by atoms with E-state index in [0.29, 0.717) is 0 Å². The van der Waals surface area contributed by atoms with Crippen molar-refractivity contribution >= 4 is 11.6 Å². The molecule has 1 heterocycles. The molecule has 3 rings (SSSR count). The molecule has 1 amide bonds. The molecule has 0 bridgehead atoms. The molecule has 1 saturated heterocycles. The summed E-state index contributed by atoms with van der Waals surface area (Å²) in [6, 6.07) is 19.6. The molecule has 0 aliphatic carbocycles. The van der Waals surface area contributed by atoms with E-state index >= 15 is 0 Å². The maximum absolute atomic E-state index is 12.5. The van der Waals surface area contributed by atoms with E-state index in [4.69, 9.17) is 0 Å². The fourth-order valence-corrected chi connectivity index (χ4v) is 3.35. The molecule has 1 unspecified atom stereocenters. The zero-order chi connectivity index (χ0) is 16.8. The van der Waals surface area contributed by atoms with Crippen LogP contribution >= 0.6 is 0 Å². The van der Waals surface area contributed by atoms with Crippen LogP contribution in [-0.2, 0) is 11.3 Å². The Kier molecular flexibility index (Phi) is 5.25. The first-order chi connectivity index (χ1) is 11.8. The second kappa shape index (κ2) is 7.76. The molecule has 1 fully saturated rings. The predicted octanol–water partition coefficient (Wildman–Crippen LogP) is 1.99. The number of carbonyl (C=O) groups excluding carboxylic acids is 1. The lowest BCUT2D eigenvalue weighted by atomic mass is 9.96. The van der Waals surface area contributed by atoms with Crippen LogP contribution in [-0.4, -0.2) is 19.0 Å². The van der Waals surface area contributed by atoms with Crippen LogP contribution in [0.4, 0.5) is 5.69 Å². The molecule has 4 nitrogen and oxygen atoms in total. The molecular weight excluding hydrogens is 298 g/mol. The molecule has 0 saturated carbocycles. The Hall–Kier alpha value is -2.64. The van der Waals surface area contributed by atoms with Gasteiger partial charge in [-0.1, -0.05) is 36.4 Å². The molecule has 0 aromatic heterocycles. The third-order valence-electron chi connectivity index (χ3n) is 4.61. The summed E-state index contributed by atoms with van der Waals surface area (Å²) in [5.74, 6) is 0.134. The fraction of sp³-hybridized carbons (Fsp3) is 0.300. The lowest BCUT2D eigenvalue weighted by Crippen LogP contribution is -3.12. The normalized spacial score (nSPS) is 20.1. The number of hydrogen-bond donors (Lipinski definition) is 2. The lowest BCUT2D eigenvalue weighted by Gasteiger charge is -2.29. The molecule has 2 N–H and O–H groups in total. The van der Waals surface area contributed by atoms with Gasteiger partial charge < -0.3 is 10.2 Å². The number of anilines is 1. The number of nitrogens with one attached hydrogen (secondary N) is 2. The molecule has 0 radical (unpaired) electrons. The highest BCUT2D eigenvalue weighted by Crippen LogP contribution is 2.13. The van der Waals surface area contributed by atoms with Crippen molar-refractivity contribution in [1.29, 1.82) is 5.26 Å². The van der Waals surface area contributed by atoms with Gasteiger partial charge in [-0.2, -0.15) is 5.26 Å². The lowest BCUT2D eigenvalue weighted by molar-refractivity contribution is -0.921. The third kappa shape index (κ3) is 4.01. The number of quaternary nitrogens is 1. The molecule has 24 heavy (non-hydrogen) atoms. The maximum atomic E-state index is 12.5. The Morgan fingerprint density at radius 3 is 2.71 bits per heavy atom. The van der Waals surface area contributed by atoms with Gasteiger partial charge in [-0.3, -0.25) is 4.79 Å². The molecule has 122 valence electrons. The van der Waals surface area contributed by atoms with Gasteiger partial charge in [-0.15, -0.1) is 0 Å². The summed E-state index contributed by atoms with van der Waals surface area (Å²) in [6.45, 7) is 2.67. The van der Waals surface area contributed by atoms with Gasteiger partial charge in [0.1, 0.15) is 6.54 Å². The van der Waals surface area contributed by atoms with Crippen molar-refractivity contribution < 1.29 is 9.69 Å². The van der Waals surface area contributed by atoms with E-state index in [-0.39, 0.29) is 11.8 Å². The standard InChI is InChI=1S/C20H21N3O/c21-13-16-7-4-5-8-17(16)14-23-12-6-9-18(15-23)20(24)22-19-10-2-1-3-11-19/h1-5,7-8,10-11,18H,6,9,12,14-15H2,(H,22,24)/p+1/t18-/m0/s1. The Morgan fingerprint density at radius 2 is 1.92 bits per heavy atom. The number of rotatable bonds is 4. The Balaban J connectivity index is 1.62. The summed E-state index contributed by atoms with van der Waals surface area (Å²) >= 11 is 0. The predicted molar refractivity (Wildman–Crippen MR) is 93.4 cm³/mol. The van der Waals surface area contributed by atoms with E-state index in [1.54, 1.807) is 0 Å². The second-order valence-corrected chi connectivity index (χ2v) is 6.34. The van der Waals surface area contributed by atoms with E-state index < -0.39 is 0 Å². The highest BCUT2D eigenvalue weighted by Gasteiger charge is 2.29. The van der Waals surface area contributed by atoms with Gasteiger partial charge >= 0.3 is 0 Å². The third-order valence-corrected chi connectivity index (χ3v) is 4.61. The van der Waals surface area contributed by atoms with E-state index in [9.17, 15) is 10.1 Å². The number of nitrogens with zero attached hydrogens (tertiary/aromatic N) is 1.